The first-order chi connectivity index (χ1) is 13.8. The van der Waals surface area contributed by atoms with Gasteiger partial charge >= 0.3 is 5.97 Å². The summed E-state index contributed by atoms with van der Waals surface area (Å²) in [7, 11) is 1.73. The molecule has 1 amide bonds. The van der Waals surface area contributed by atoms with E-state index in [9.17, 15) is 9.59 Å². The van der Waals surface area contributed by atoms with E-state index in [0.717, 1.165) is 22.6 Å². The summed E-state index contributed by atoms with van der Waals surface area (Å²) in [5, 5.41) is 4.44. The van der Waals surface area contributed by atoms with Crippen LogP contribution in [-0.2, 0) is 29.5 Å². The minimum Gasteiger partial charge on any atom is -0.481 e. The van der Waals surface area contributed by atoms with Crippen molar-refractivity contribution in [2.75, 3.05) is 13.2 Å². The topological polar surface area (TPSA) is 73.7 Å². The van der Waals surface area contributed by atoms with Crippen LogP contribution in [0, 0.1) is 0 Å². The smallest absolute Gasteiger partial charge is 0.356 e. The molecular formula is C22H29N3O4. The standard InChI is InChI=1S/C22H29N3O4/c1-6-28-22(27)20-17-13-25(12-11-18(17)23-24(20)5)21(26)15(4)29-19-10-8-7-9-16(19)14(2)3/h7-10,14-15H,6,11-13H2,1-5H3. The summed E-state index contributed by atoms with van der Waals surface area (Å²) >= 11 is 0. The number of aryl methyl sites for hydroxylation is 1. The van der Waals surface area contributed by atoms with Crippen molar-refractivity contribution < 1.29 is 19.1 Å². The third-order valence-corrected chi connectivity index (χ3v) is 5.17. The zero-order valence-corrected chi connectivity index (χ0v) is 17.8. The van der Waals surface area contributed by atoms with Gasteiger partial charge in [0.25, 0.3) is 5.91 Å². The second-order valence-corrected chi connectivity index (χ2v) is 7.58. The van der Waals surface area contributed by atoms with Crippen LogP contribution in [0.2, 0.25) is 0 Å². The fourth-order valence-corrected chi connectivity index (χ4v) is 3.71. The Morgan fingerprint density at radius 3 is 2.62 bits per heavy atom. The maximum atomic E-state index is 13.1. The number of esters is 1. The number of carbonyl (C=O) groups excluding carboxylic acids is 2. The fourth-order valence-electron chi connectivity index (χ4n) is 3.71. The van der Waals surface area contributed by atoms with E-state index < -0.39 is 12.1 Å². The molecule has 0 N–H and O–H groups in total. The van der Waals surface area contributed by atoms with E-state index in [1.54, 1.807) is 30.5 Å². The zero-order chi connectivity index (χ0) is 21.1. The Balaban J connectivity index is 1.76. The number of ether oxygens (including phenoxy) is 2. The number of benzene rings is 1. The number of fused-ring (bicyclic) bond motifs is 1. The molecule has 0 fully saturated rings. The second kappa shape index (κ2) is 8.68. The van der Waals surface area contributed by atoms with Crippen molar-refractivity contribution in [3.8, 4) is 5.75 Å². The van der Waals surface area contributed by atoms with Gasteiger partial charge in [0, 0.05) is 25.6 Å². The molecule has 7 heteroatoms. The second-order valence-electron chi connectivity index (χ2n) is 7.58. The van der Waals surface area contributed by atoms with Crippen molar-refractivity contribution in [2.45, 2.75) is 52.7 Å². The summed E-state index contributed by atoms with van der Waals surface area (Å²) in [4.78, 5) is 27.1. The summed E-state index contributed by atoms with van der Waals surface area (Å²) in [5.74, 6) is 0.518. The van der Waals surface area contributed by atoms with E-state index >= 15 is 0 Å². The fraction of sp³-hybridized carbons (Fsp3) is 0.500. The normalized spacial score (nSPS) is 14.5. The van der Waals surface area contributed by atoms with Crippen molar-refractivity contribution in [3.05, 3.63) is 46.8 Å². The van der Waals surface area contributed by atoms with E-state index in [1.165, 1.54) is 0 Å². The van der Waals surface area contributed by atoms with Gasteiger partial charge in [0.1, 0.15) is 5.75 Å². The molecule has 7 nitrogen and oxygen atoms in total. The third kappa shape index (κ3) is 4.28. The van der Waals surface area contributed by atoms with Crippen molar-refractivity contribution in [2.24, 2.45) is 7.05 Å². The summed E-state index contributed by atoms with van der Waals surface area (Å²) in [6.45, 7) is 8.90. The highest BCUT2D eigenvalue weighted by Crippen LogP contribution is 2.28. The van der Waals surface area contributed by atoms with E-state index in [0.29, 0.717) is 37.7 Å². The minimum atomic E-state index is -0.626. The van der Waals surface area contributed by atoms with Gasteiger partial charge in [-0.25, -0.2) is 4.79 Å². The van der Waals surface area contributed by atoms with Crippen LogP contribution in [-0.4, -0.2) is 45.8 Å². The molecule has 0 aliphatic carbocycles. The average molecular weight is 399 g/mol. The van der Waals surface area contributed by atoms with Crippen LogP contribution in [0.1, 0.15) is 60.9 Å². The number of carbonyl (C=O) groups is 2. The number of amides is 1. The molecule has 1 aliphatic heterocycles. The number of para-hydroxylation sites is 1. The van der Waals surface area contributed by atoms with Crippen LogP contribution in [0.25, 0.3) is 0 Å². The largest absolute Gasteiger partial charge is 0.481 e. The first-order valence-corrected chi connectivity index (χ1v) is 10.1. The molecule has 1 aromatic carbocycles. The Morgan fingerprint density at radius 1 is 1.21 bits per heavy atom. The number of hydrogen-bond donors (Lipinski definition) is 0. The maximum absolute atomic E-state index is 13.1. The van der Waals surface area contributed by atoms with Gasteiger partial charge in [0.05, 0.1) is 18.8 Å². The highest BCUT2D eigenvalue weighted by Gasteiger charge is 2.32. The van der Waals surface area contributed by atoms with Crippen LogP contribution >= 0.6 is 0 Å². The number of hydrogen-bond acceptors (Lipinski definition) is 5. The molecular weight excluding hydrogens is 370 g/mol. The molecule has 1 atom stereocenters. The van der Waals surface area contributed by atoms with Crippen LogP contribution in [0.15, 0.2) is 24.3 Å². The Morgan fingerprint density at radius 2 is 1.93 bits per heavy atom. The van der Waals surface area contributed by atoms with Crippen molar-refractivity contribution >= 4 is 11.9 Å². The Bertz CT molecular complexity index is 903. The lowest BCUT2D eigenvalue weighted by molar-refractivity contribution is -0.138. The van der Waals surface area contributed by atoms with Gasteiger partial charge in [0.2, 0.25) is 0 Å². The molecule has 156 valence electrons. The van der Waals surface area contributed by atoms with Crippen LogP contribution < -0.4 is 4.74 Å². The molecule has 29 heavy (non-hydrogen) atoms. The highest BCUT2D eigenvalue weighted by molar-refractivity contribution is 5.90. The van der Waals surface area contributed by atoms with Gasteiger partial charge in [0.15, 0.2) is 11.8 Å². The zero-order valence-electron chi connectivity index (χ0n) is 17.8. The molecule has 2 heterocycles. The molecule has 1 aliphatic rings. The Kier molecular flexibility index (Phi) is 6.25. The summed E-state index contributed by atoms with van der Waals surface area (Å²) in [6.07, 6.45) is -0.0250. The van der Waals surface area contributed by atoms with E-state index in [-0.39, 0.29) is 5.91 Å². The van der Waals surface area contributed by atoms with E-state index in [4.69, 9.17) is 9.47 Å². The molecule has 0 radical (unpaired) electrons. The number of aromatic nitrogens is 2. The lowest BCUT2D eigenvalue weighted by Crippen LogP contribution is -2.43. The molecule has 0 bridgehead atoms. The maximum Gasteiger partial charge on any atom is 0.356 e. The molecule has 2 aromatic rings. The number of nitrogens with zero attached hydrogens (tertiary/aromatic N) is 3. The van der Waals surface area contributed by atoms with Gasteiger partial charge in [-0.1, -0.05) is 32.0 Å². The predicted octanol–water partition coefficient (Wildman–Crippen LogP) is 3.07. The highest BCUT2D eigenvalue weighted by atomic mass is 16.5. The first kappa shape index (κ1) is 20.9. The first-order valence-electron chi connectivity index (χ1n) is 10.1. The Hall–Kier alpha value is -2.83. The summed E-state index contributed by atoms with van der Waals surface area (Å²) in [6, 6.07) is 7.80. The lowest BCUT2D eigenvalue weighted by atomic mass is 10.0. The van der Waals surface area contributed by atoms with Crippen LogP contribution in [0.4, 0.5) is 0 Å². The average Bonchev–Trinajstić information content (AvgIpc) is 3.02. The molecule has 0 saturated carbocycles. The SMILES string of the molecule is CCOC(=O)c1c2c(nn1C)CCN(C(=O)C(C)Oc1ccccc1C(C)C)C2. The van der Waals surface area contributed by atoms with Crippen LogP contribution in [0.5, 0.6) is 5.75 Å². The molecule has 0 spiro atoms. The van der Waals surface area contributed by atoms with E-state index in [1.807, 2.05) is 24.3 Å². The molecule has 3 rings (SSSR count). The van der Waals surface area contributed by atoms with Crippen molar-refractivity contribution in [1.82, 2.24) is 14.7 Å². The van der Waals surface area contributed by atoms with Gasteiger partial charge in [-0.15, -0.1) is 0 Å². The minimum absolute atomic E-state index is 0.104. The van der Waals surface area contributed by atoms with Gasteiger partial charge in [-0.05, 0) is 31.4 Å². The Labute approximate surface area is 171 Å². The summed E-state index contributed by atoms with van der Waals surface area (Å²) in [5.41, 5.74) is 3.10. The van der Waals surface area contributed by atoms with Gasteiger partial charge in [-0.2, -0.15) is 5.10 Å². The van der Waals surface area contributed by atoms with Crippen molar-refractivity contribution in [1.29, 1.82) is 0 Å². The molecule has 1 unspecified atom stereocenters. The lowest BCUT2D eigenvalue weighted by Gasteiger charge is -2.29. The van der Waals surface area contributed by atoms with E-state index in [2.05, 4.69) is 18.9 Å². The number of rotatable bonds is 6. The quantitative estimate of drug-likeness (QED) is 0.698. The predicted molar refractivity (Wildman–Crippen MR) is 109 cm³/mol. The van der Waals surface area contributed by atoms with Gasteiger partial charge in [-0.3, -0.25) is 9.48 Å². The molecule has 0 saturated heterocycles. The van der Waals surface area contributed by atoms with Gasteiger partial charge < -0.3 is 14.4 Å². The third-order valence-electron chi connectivity index (χ3n) is 5.17. The van der Waals surface area contributed by atoms with Crippen LogP contribution in [0.3, 0.4) is 0 Å². The molecule has 1 aromatic heterocycles. The monoisotopic (exact) mass is 399 g/mol. The summed E-state index contributed by atoms with van der Waals surface area (Å²) < 4.78 is 12.7. The van der Waals surface area contributed by atoms with Crippen molar-refractivity contribution in [3.63, 3.8) is 0 Å².